The topological polar surface area (TPSA) is 49.3 Å². The van der Waals surface area contributed by atoms with E-state index in [1.165, 1.54) is 12.1 Å². The fourth-order valence-electron chi connectivity index (χ4n) is 3.47. The predicted octanol–water partition coefficient (Wildman–Crippen LogP) is 3.60. The lowest BCUT2D eigenvalue weighted by atomic mass is 10.1. The Hall–Kier alpha value is -3.16. The molecule has 1 aliphatic rings. The zero-order valence-corrected chi connectivity index (χ0v) is 15.6. The molecule has 0 radical (unpaired) electrons. The van der Waals surface area contributed by atoms with Crippen LogP contribution in [0.5, 0.6) is 0 Å². The molecule has 3 aromatic rings. The molecule has 1 fully saturated rings. The van der Waals surface area contributed by atoms with E-state index in [1.807, 2.05) is 17.0 Å². The number of halogens is 3. The molecular weight excluding hydrogens is 381 g/mol. The van der Waals surface area contributed by atoms with E-state index in [-0.39, 0.29) is 18.1 Å². The molecule has 1 aromatic heterocycles. The number of carbonyl (C=O) groups is 1. The summed E-state index contributed by atoms with van der Waals surface area (Å²) in [7, 11) is 0. The fourth-order valence-corrected chi connectivity index (χ4v) is 3.47. The lowest BCUT2D eigenvalue weighted by molar-refractivity contribution is -0.130. The molecule has 1 saturated heterocycles. The first-order valence-electron chi connectivity index (χ1n) is 9.33. The van der Waals surface area contributed by atoms with E-state index in [2.05, 4.69) is 9.97 Å². The number of carbonyl (C=O) groups excluding carboxylic acids is 1. The molecule has 8 heteroatoms. The Labute approximate surface area is 165 Å². The third-order valence-electron chi connectivity index (χ3n) is 5.00. The SMILES string of the molecule is O=C(Cc1ccc(F)cc1)N1CCN(c2nc(C(F)F)nc3ccccc23)CC1. The molecule has 1 aliphatic heterocycles. The van der Waals surface area contributed by atoms with Gasteiger partial charge in [-0.1, -0.05) is 24.3 Å². The minimum atomic E-state index is -2.75. The van der Waals surface area contributed by atoms with E-state index in [9.17, 15) is 18.0 Å². The van der Waals surface area contributed by atoms with Crippen LogP contribution in [0.4, 0.5) is 19.0 Å². The Bertz CT molecular complexity index is 1020. The average Bonchev–Trinajstić information content (AvgIpc) is 2.74. The number of hydrogen-bond donors (Lipinski definition) is 0. The standard InChI is InChI=1S/C21H19F3N4O/c22-15-7-5-14(6-8-15)13-18(29)27-9-11-28(12-10-27)21-16-3-1-2-4-17(16)25-20(26-21)19(23)24/h1-8,19H,9-13H2. The van der Waals surface area contributed by atoms with Gasteiger partial charge < -0.3 is 9.80 Å². The molecular formula is C21H19F3N4O. The van der Waals surface area contributed by atoms with Crippen molar-refractivity contribution in [3.63, 3.8) is 0 Å². The lowest BCUT2D eigenvalue weighted by Crippen LogP contribution is -2.49. The average molecular weight is 400 g/mol. The molecule has 0 N–H and O–H groups in total. The summed E-state index contributed by atoms with van der Waals surface area (Å²) in [5.41, 5.74) is 1.23. The van der Waals surface area contributed by atoms with Gasteiger partial charge >= 0.3 is 0 Å². The lowest BCUT2D eigenvalue weighted by Gasteiger charge is -2.36. The van der Waals surface area contributed by atoms with Crippen molar-refractivity contribution in [1.82, 2.24) is 14.9 Å². The molecule has 0 spiro atoms. The summed E-state index contributed by atoms with van der Waals surface area (Å²) in [5, 5.41) is 0.711. The van der Waals surface area contributed by atoms with Gasteiger partial charge in [0.1, 0.15) is 11.6 Å². The van der Waals surface area contributed by atoms with Crippen molar-refractivity contribution in [1.29, 1.82) is 0 Å². The maximum atomic E-state index is 13.2. The van der Waals surface area contributed by atoms with Crippen molar-refractivity contribution in [2.24, 2.45) is 0 Å². The number of hydrogen-bond acceptors (Lipinski definition) is 4. The number of benzene rings is 2. The van der Waals surface area contributed by atoms with Gasteiger partial charge in [-0.05, 0) is 29.8 Å². The number of piperazine rings is 1. The van der Waals surface area contributed by atoms with Gasteiger partial charge in [0.05, 0.1) is 11.9 Å². The van der Waals surface area contributed by atoms with E-state index >= 15 is 0 Å². The molecule has 4 rings (SSSR count). The van der Waals surface area contributed by atoms with Crippen LogP contribution in [-0.2, 0) is 11.2 Å². The van der Waals surface area contributed by atoms with Gasteiger partial charge in [-0.25, -0.2) is 23.1 Å². The quantitative estimate of drug-likeness (QED) is 0.672. The highest BCUT2D eigenvalue weighted by Crippen LogP contribution is 2.27. The van der Waals surface area contributed by atoms with Crippen LogP contribution in [0, 0.1) is 5.82 Å². The number of amides is 1. The van der Waals surface area contributed by atoms with Crippen molar-refractivity contribution in [2.45, 2.75) is 12.8 Å². The second-order valence-corrected chi connectivity index (χ2v) is 6.89. The first-order valence-corrected chi connectivity index (χ1v) is 9.33. The number of alkyl halides is 2. The molecule has 1 amide bonds. The number of aromatic nitrogens is 2. The van der Waals surface area contributed by atoms with Crippen molar-refractivity contribution in [3.8, 4) is 0 Å². The zero-order chi connectivity index (χ0) is 20.4. The Kier molecular flexibility index (Phi) is 5.33. The second-order valence-electron chi connectivity index (χ2n) is 6.89. The van der Waals surface area contributed by atoms with E-state index in [1.54, 1.807) is 29.2 Å². The third kappa shape index (κ3) is 4.16. The van der Waals surface area contributed by atoms with Gasteiger partial charge in [0.15, 0.2) is 5.82 Å². The molecule has 5 nitrogen and oxygen atoms in total. The molecule has 150 valence electrons. The van der Waals surface area contributed by atoms with Crippen LogP contribution in [0.3, 0.4) is 0 Å². The highest BCUT2D eigenvalue weighted by Gasteiger charge is 2.25. The normalized spacial score (nSPS) is 14.6. The number of fused-ring (bicyclic) bond motifs is 1. The maximum absolute atomic E-state index is 13.2. The summed E-state index contributed by atoms with van der Waals surface area (Å²) in [6.45, 7) is 1.89. The minimum Gasteiger partial charge on any atom is -0.352 e. The minimum absolute atomic E-state index is 0.0444. The van der Waals surface area contributed by atoms with Crippen molar-refractivity contribution in [3.05, 3.63) is 65.7 Å². The maximum Gasteiger partial charge on any atom is 0.297 e. The van der Waals surface area contributed by atoms with Gasteiger partial charge in [-0.15, -0.1) is 0 Å². The van der Waals surface area contributed by atoms with Crippen LogP contribution >= 0.6 is 0 Å². The van der Waals surface area contributed by atoms with E-state index in [0.717, 1.165) is 5.56 Å². The smallest absolute Gasteiger partial charge is 0.297 e. The third-order valence-corrected chi connectivity index (χ3v) is 5.00. The van der Waals surface area contributed by atoms with Gasteiger partial charge in [-0.2, -0.15) is 0 Å². The van der Waals surface area contributed by atoms with E-state index in [0.29, 0.717) is 42.9 Å². The number of para-hydroxylation sites is 1. The van der Waals surface area contributed by atoms with Gasteiger partial charge in [0, 0.05) is 31.6 Å². The molecule has 0 aliphatic carbocycles. The highest BCUT2D eigenvalue weighted by atomic mass is 19.3. The fraction of sp³-hybridized carbons (Fsp3) is 0.286. The summed E-state index contributed by atoms with van der Waals surface area (Å²) >= 11 is 0. The summed E-state index contributed by atoms with van der Waals surface area (Å²) in [6, 6.07) is 12.9. The molecule has 2 heterocycles. The molecule has 29 heavy (non-hydrogen) atoms. The van der Waals surface area contributed by atoms with Crippen LogP contribution in [-0.4, -0.2) is 47.0 Å². The molecule has 0 atom stereocenters. The van der Waals surface area contributed by atoms with Crippen molar-refractivity contribution in [2.75, 3.05) is 31.1 Å². The molecule has 0 saturated carbocycles. The van der Waals surface area contributed by atoms with Crippen LogP contribution in [0.25, 0.3) is 10.9 Å². The van der Waals surface area contributed by atoms with Gasteiger partial charge in [-0.3, -0.25) is 4.79 Å². The highest BCUT2D eigenvalue weighted by molar-refractivity contribution is 5.89. The van der Waals surface area contributed by atoms with Gasteiger partial charge in [0.2, 0.25) is 5.91 Å². The molecule has 0 unspecified atom stereocenters. The summed E-state index contributed by atoms with van der Waals surface area (Å²) in [5.74, 6) is -0.405. The van der Waals surface area contributed by atoms with Crippen LogP contribution in [0.15, 0.2) is 48.5 Å². The predicted molar refractivity (Wildman–Crippen MR) is 103 cm³/mol. The Morgan fingerprint density at radius 3 is 2.34 bits per heavy atom. The summed E-state index contributed by atoms with van der Waals surface area (Å²) < 4.78 is 39.5. The van der Waals surface area contributed by atoms with Crippen LogP contribution < -0.4 is 4.90 Å². The monoisotopic (exact) mass is 400 g/mol. The Morgan fingerprint density at radius 1 is 0.966 bits per heavy atom. The van der Waals surface area contributed by atoms with Crippen LogP contribution in [0.1, 0.15) is 17.8 Å². The van der Waals surface area contributed by atoms with Crippen molar-refractivity contribution < 1.29 is 18.0 Å². The second kappa shape index (κ2) is 8.06. The van der Waals surface area contributed by atoms with E-state index < -0.39 is 12.2 Å². The summed E-state index contributed by atoms with van der Waals surface area (Å²) in [6.07, 6.45) is -2.55. The first-order chi connectivity index (χ1) is 14.0. The molecule has 2 aromatic carbocycles. The Morgan fingerprint density at radius 2 is 1.66 bits per heavy atom. The molecule has 0 bridgehead atoms. The number of anilines is 1. The largest absolute Gasteiger partial charge is 0.352 e. The van der Waals surface area contributed by atoms with Crippen molar-refractivity contribution >= 4 is 22.6 Å². The zero-order valence-electron chi connectivity index (χ0n) is 15.6. The van der Waals surface area contributed by atoms with Gasteiger partial charge in [0.25, 0.3) is 6.43 Å². The number of rotatable bonds is 4. The Balaban J connectivity index is 1.48. The van der Waals surface area contributed by atoms with E-state index in [4.69, 9.17) is 0 Å². The van der Waals surface area contributed by atoms with Crippen LogP contribution in [0.2, 0.25) is 0 Å². The first kappa shape index (κ1) is 19.2. The number of nitrogens with zero attached hydrogens (tertiary/aromatic N) is 4. The summed E-state index contributed by atoms with van der Waals surface area (Å²) in [4.78, 5) is 24.2.